The van der Waals surface area contributed by atoms with Crippen LogP contribution in [0.2, 0.25) is 5.02 Å². The highest BCUT2D eigenvalue weighted by Gasteiger charge is 2.36. The minimum absolute atomic E-state index is 0.0709. The van der Waals surface area contributed by atoms with Gasteiger partial charge in [-0.3, -0.25) is 14.5 Å². The molecule has 1 aromatic heterocycles. The minimum Gasteiger partial charge on any atom is -0.478 e. The van der Waals surface area contributed by atoms with Crippen molar-refractivity contribution < 1.29 is 23.9 Å². The van der Waals surface area contributed by atoms with Crippen LogP contribution in [0.4, 0.5) is 9.18 Å². The lowest BCUT2D eigenvalue weighted by Crippen LogP contribution is -2.28. The van der Waals surface area contributed by atoms with Crippen LogP contribution in [-0.2, 0) is 11.3 Å². The van der Waals surface area contributed by atoms with Gasteiger partial charge in [-0.1, -0.05) is 23.7 Å². The Bertz CT molecular complexity index is 1230. The largest absolute Gasteiger partial charge is 0.478 e. The predicted octanol–water partition coefficient (Wildman–Crippen LogP) is 5.20. The quantitative estimate of drug-likeness (QED) is 0.533. The van der Waals surface area contributed by atoms with Crippen molar-refractivity contribution in [1.29, 1.82) is 0 Å². The fraction of sp³-hybridized carbons (Fsp3) is 0.0455. The van der Waals surface area contributed by atoms with E-state index >= 15 is 0 Å². The number of benzene rings is 2. The molecule has 2 heterocycles. The number of halogens is 2. The van der Waals surface area contributed by atoms with E-state index in [0.717, 1.165) is 16.7 Å². The van der Waals surface area contributed by atoms with E-state index in [0.29, 0.717) is 11.4 Å². The van der Waals surface area contributed by atoms with Crippen molar-refractivity contribution in [2.75, 3.05) is 0 Å². The smallest absolute Gasteiger partial charge is 0.335 e. The molecule has 0 saturated carbocycles. The van der Waals surface area contributed by atoms with Gasteiger partial charge in [-0.05, 0) is 60.3 Å². The number of rotatable bonds is 5. The summed E-state index contributed by atoms with van der Waals surface area (Å²) in [5.74, 6) is -2.20. The van der Waals surface area contributed by atoms with Crippen LogP contribution in [0, 0.1) is 5.82 Å². The number of nitrogens with zero attached hydrogens (tertiary/aromatic N) is 2. The van der Waals surface area contributed by atoms with Crippen molar-refractivity contribution >= 4 is 46.6 Å². The topological polar surface area (TPSA) is 79.6 Å². The second-order valence-corrected chi connectivity index (χ2v) is 8.03. The monoisotopic (exact) mass is 456 g/mol. The van der Waals surface area contributed by atoms with Gasteiger partial charge in [0.05, 0.1) is 17.0 Å². The molecule has 2 aromatic carbocycles. The number of imide groups is 1. The number of aromatic nitrogens is 1. The van der Waals surface area contributed by atoms with Crippen LogP contribution in [0.3, 0.4) is 0 Å². The molecule has 4 rings (SSSR count). The van der Waals surface area contributed by atoms with Crippen LogP contribution < -0.4 is 0 Å². The maximum atomic E-state index is 14.1. The van der Waals surface area contributed by atoms with Crippen molar-refractivity contribution in [1.82, 2.24) is 9.47 Å². The zero-order valence-electron chi connectivity index (χ0n) is 15.8. The number of carboxylic acid groups (broad SMARTS) is 1. The standard InChI is InChI=1S/C22H14ClFN2O4S/c23-17-7-2-8-18(24)16(17)12-26-20(27)19(31-22(26)30)11-15-6-3-9-25(15)14-5-1-4-13(10-14)21(28)29/h1-11H,12H2,(H,28,29)/b19-11-. The number of thioether (sulfide) groups is 1. The minimum atomic E-state index is -1.05. The summed E-state index contributed by atoms with van der Waals surface area (Å²) in [6.45, 7) is -0.269. The van der Waals surface area contributed by atoms with Crippen molar-refractivity contribution in [2.24, 2.45) is 0 Å². The molecule has 1 N–H and O–H groups in total. The van der Waals surface area contributed by atoms with Gasteiger partial charge in [0.15, 0.2) is 0 Å². The fourth-order valence-electron chi connectivity index (χ4n) is 3.15. The van der Waals surface area contributed by atoms with Crippen LogP contribution in [0.5, 0.6) is 0 Å². The molecule has 1 saturated heterocycles. The third kappa shape index (κ3) is 4.12. The summed E-state index contributed by atoms with van der Waals surface area (Å²) in [6, 6.07) is 14.0. The normalized spacial score (nSPS) is 15.2. The molecule has 0 unspecified atom stereocenters. The molecule has 1 aliphatic heterocycles. The Labute approximate surface area is 185 Å². The molecule has 31 heavy (non-hydrogen) atoms. The van der Waals surface area contributed by atoms with Crippen molar-refractivity contribution in [3.8, 4) is 5.69 Å². The highest BCUT2D eigenvalue weighted by atomic mass is 35.5. The molecule has 1 fully saturated rings. The summed E-state index contributed by atoms with van der Waals surface area (Å²) in [5.41, 5.74) is 1.37. The lowest BCUT2D eigenvalue weighted by molar-refractivity contribution is -0.123. The van der Waals surface area contributed by atoms with Crippen LogP contribution in [0.1, 0.15) is 21.6 Å². The zero-order chi connectivity index (χ0) is 22.1. The lowest BCUT2D eigenvalue weighted by Gasteiger charge is -2.14. The number of hydrogen-bond donors (Lipinski definition) is 1. The summed E-state index contributed by atoms with van der Waals surface area (Å²) in [7, 11) is 0. The van der Waals surface area contributed by atoms with Gasteiger partial charge >= 0.3 is 5.97 Å². The fourth-order valence-corrected chi connectivity index (χ4v) is 4.19. The van der Waals surface area contributed by atoms with Crippen LogP contribution >= 0.6 is 23.4 Å². The Morgan fingerprint density at radius 3 is 2.65 bits per heavy atom. The number of carbonyl (C=O) groups is 3. The molecular weight excluding hydrogens is 443 g/mol. The van der Waals surface area contributed by atoms with E-state index in [4.69, 9.17) is 11.6 Å². The molecule has 156 valence electrons. The van der Waals surface area contributed by atoms with Gasteiger partial charge in [0, 0.05) is 28.2 Å². The first-order valence-electron chi connectivity index (χ1n) is 9.04. The highest BCUT2D eigenvalue weighted by molar-refractivity contribution is 8.18. The maximum Gasteiger partial charge on any atom is 0.335 e. The number of amides is 2. The van der Waals surface area contributed by atoms with Gasteiger partial charge in [-0.25, -0.2) is 9.18 Å². The Morgan fingerprint density at radius 1 is 1.13 bits per heavy atom. The van der Waals surface area contributed by atoms with Gasteiger partial charge in [-0.15, -0.1) is 0 Å². The van der Waals surface area contributed by atoms with Gasteiger partial charge in [0.2, 0.25) is 0 Å². The average Bonchev–Trinajstić information content (AvgIpc) is 3.30. The molecular formula is C22H14ClFN2O4S. The Kier molecular flexibility index (Phi) is 5.67. The van der Waals surface area contributed by atoms with Crippen LogP contribution in [-0.4, -0.2) is 31.7 Å². The van der Waals surface area contributed by atoms with Gasteiger partial charge in [-0.2, -0.15) is 0 Å². The Hall–Kier alpha value is -3.36. The van der Waals surface area contributed by atoms with Crippen LogP contribution in [0.25, 0.3) is 11.8 Å². The molecule has 0 bridgehead atoms. The van der Waals surface area contributed by atoms with E-state index in [1.807, 2.05) is 0 Å². The van der Waals surface area contributed by atoms with Crippen molar-refractivity contribution in [2.45, 2.75) is 6.54 Å². The summed E-state index contributed by atoms with van der Waals surface area (Å²) in [6.07, 6.45) is 3.26. The SMILES string of the molecule is O=C(O)c1cccc(-n2cccc2/C=C2\SC(=O)N(Cc3c(F)cccc3Cl)C2=O)c1. The molecule has 3 aromatic rings. The number of carboxylic acids is 1. The Morgan fingerprint density at radius 2 is 1.90 bits per heavy atom. The molecule has 9 heteroatoms. The third-order valence-electron chi connectivity index (χ3n) is 4.68. The van der Waals surface area contributed by atoms with E-state index in [9.17, 15) is 23.9 Å². The number of aromatic carboxylic acids is 1. The third-order valence-corrected chi connectivity index (χ3v) is 5.94. The average molecular weight is 457 g/mol. The number of carbonyl (C=O) groups excluding carboxylic acids is 2. The lowest BCUT2D eigenvalue weighted by atomic mass is 10.2. The van der Waals surface area contributed by atoms with Gasteiger partial charge in [0.25, 0.3) is 11.1 Å². The molecule has 0 spiro atoms. The van der Waals surface area contributed by atoms with E-state index in [1.54, 1.807) is 41.1 Å². The molecule has 0 aliphatic carbocycles. The van der Waals surface area contributed by atoms with E-state index < -0.39 is 22.9 Å². The molecule has 2 amide bonds. The van der Waals surface area contributed by atoms with E-state index in [-0.39, 0.29) is 27.6 Å². The summed E-state index contributed by atoms with van der Waals surface area (Å²) in [5, 5.41) is 8.82. The highest BCUT2D eigenvalue weighted by Crippen LogP contribution is 2.35. The van der Waals surface area contributed by atoms with E-state index in [1.165, 1.54) is 30.3 Å². The second-order valence-electron chi connectivity index (χ2n) is 6.63. The van der Waals surface area contributed by atoms with E-state index in [2.05, 4.69) is 0 Å². The second kappa shape index (κ2) is 8.41. The maximum absolute atomic E-state index is 14.1. The first kappa shape index (κ1) is 20.9. The van der Waals surface area contributed by atoms with Crippen molar-refractivity contribution in [3.63, 3.8) is 0 Å². The number of hydrogen-bond acceptors (Lipinski definition) is 4. The summed E-state index contributed by atoms with van der Waals surface area (Å²) >= 11 is 6.77. The van der Waals surface area contributed by atoms with Gasteiger partial charge in [0.1, 0.15) is 5.82 Å². The van der Waals surface area contributed by atoms with Crippen LogP contribution in [0.15, 0.2) is 65.7 Å². The first-order valence-corrected chi connectivity index (χ1v) is 10.2. The molecule has 6 nitrogen and oxygen atoms in total. The zero-order valence-corrected chi connectivity index (χ0v) is 17.4. The van der Waals surface area contributed by atoms with Gasteiger partial charge < -0.3 is 9.67 Å². The molecule has 1 aliphatic rings. The predicted molar refractivity (Wildman–Crippen MR) is 116 cm³/mol. The molecule has 0 radical (unpaired) electrons. The summed E-state index contributed by atoms with van der Waals surface area (Å²) in [4.78, 5) is 37.6. The molecule has 0 atom stereocenters. The summed E-state index contributed by atoms with van der Waals surface area (Å²) < 4.78 is 15.8. The first-order chi connectivity index (χ1) is 14.8. The Balaban J connectivity index is 1.64. The van der Waals surface area contributed by atoms with Crippen molar-refractivity contribution in [3.05, 3.63) is 93.4 Å².